The first-order chi connectivity index (χ1) is 13.6. The number of para-hydroxylation sites is 1. The molecule has 28 heavy (non-hydrogen) atoms. The summed E-state index contributed by atoms with van der Waals surface area (Å²) in [7, 11) is 1.54. The molecule has 1 saturated heterocycles. The molecule has 1 fully saturated rings. The van der Waals surface area contributed by atoms with E-state index in [0.717, 1.165) is 26.2 Å². The Morgan fingerprint density at radius 2 is 1.86 bits per heavy atom. The standard InChI is InChI=1S/C22H28N2O4/c1-17(25)18-8-9-21(22(14-18)27-2)28-16-20(26)15-23-10-12-24(13-11-23)19-6-4-3-5-7-19/h3-9,14,20,26H,10-13,15-16H2,1-2H3/p+1/t20-/m0/s1. The molecule has 150 valence electrons. The third-order valence-electron chi connectivity index (χ3n) is 5.12. The molecule has 6 nitrogen and oxygen atoms in total. The van der Waals surface area contributed by atoms with Gasteiger partial charge in [0, 0.05) is 11.3 Å². The van der Waals surface area contributed by atoms with E-state index in [1.54, 1.807) is 25.3 Å². The van der Waals surface area contributed by atoms with Gasteiger partial charge in [-0.1, -0.05) is 18.2 Å². The number of rotatable bonds is 8. The Hall–Kier alpha value is -2.57. The Morgan fingerprint density at radius 3 is 2.50 bits per heavy atom. The highest BCUT2D eigenvalue weighted by Gasteiger charge is 2.23. The molecule has 0 amide bonds. The Kier molecular flexibility index (Phi) is 6.90. The SMILES string of the molecule is COc1cc(C(C)=O)ccc1OC[C@@H](O)C[NH+]1CCN(c2ccccc2)CC1. The lowest BCUT2D eigenvalue weighted by atomic mass is 10.1. The van der Waals surface area contributed by atoms with Gasteiger partial charge in [0.1, 0.15) is 19.3 Å². The lowest BCUT2D eigenvalue weighted by Crippen LogP contribution is -3.16. The summed E-state index contributed by atoms with van der Waals surface area (Å²) in [5.41, 5.74) is 1.83. The van der Waals surface area contributed by atoms with Gasteiger partial charge in [-0.25, -0.2) is 0 Å². The first-order valence-corrected chi connectivity index (χ1v) is 9.70. The molecule has 1 heterocycles. The number of piperazine rings is 1. The van der Waals surface area contributed by atoms with E-state index < -0.39 is 6.10 Å². The van der Waals surface area contributed by atoms with Crippen molar-refractivity contribution in [2.75, 3.05) is 51.3 Å². The fraction of sp³-hybridized carbons (Fsp3) is 0.409. The lowest BCUT2D eigenvalue weighted by molar-refractivity contribution is -0.903. The van der Waals surface area contributed by atoms with E-state index in [4.69, 9.17) is 9.47 Å². The quantitative estimate of drug-likeness (QED) is 0.665. The highest BCUT2D eigenvalue weighted by atomic mass is 16.5. The van der Waals surface area contributed by atoms with Gasteiger partial charge in [-0.15, -0.1) is 0 Å². The van der Waals surface area contributed by atoms with Crippen LogP contribution in [0.15, 0.2) is 48.5 Å². The van der Waals surface area contributed by atoms with Gasteiger partial charge >= 0.3 is 0 Å². The number of ether oxygens (including phenoxy) is 2. The number of hydrogen-bond donors (Lipinski definition) is 2. The van der Waals surface area contributed by atoms with Gasteiger partial charge in [0.25, 0.3) is 0 Å². The molecule has 2 N–H and O–H groups in total. The molecule has 0 aliphatic carbocycles. The van der Waals surface area contributed by atoms with Crippen molar-refractivity contribution in [2.45, 2.75) is 13.0 Å². The van der Waals surface area contributed by atoms with Crippen molar-refractivity contribution in [3.63, 3.8) is 0 Å². The van der Waals surface area contributed by atoms with Crippen LogP contribution < -0.4 is 19.3 Å². The Bertz CT molecular complexity index is 773. The highest BCUT2D eigenvalue weighted by molar-refractivity contribution is 5.94. The van der Waals surface area contributed by atoms with Gasteiger partial charge in [-0.3, -0.25) is 4.79 Å². The predicted molar refractivity (Wildman–Crippen MR) is 109 cm³/mol. The molecule has 0 aromatic heterocycles. The van der Waals surface area contributed by atoms with Crippen molar-refractivity contribution in [1.29, 1.82) is 0 Å². The molecule has 0 unspecified atom stereocenters. The van der Waals surface area contributed by atoms with Crippen LogP contribution in [0.1, 0.15) is 17.3 Å². The maximum absolute atomic E-state index is 11.5. The molecular weight excluding hydrogens is 356 g/mol. The number of benzene rings is 2. The maximum atomic E-state index is 11.5. The molecule has 0 spiro atoms. The van der Waals surface area contributed by atoms with Crippen LogP contribution in [-0.2, 0) is 0 Å². The molecule has 2 aromatic rings. The number of carbonyl (C=O) groups is 1. The Morgan fingerprint density at radius 1 is 1.14 bits per heavy atom. The summed E-state index contributed by atoms with van der Waals surface area (Å²) in [4.78, 5) is 15.2. The number of ketones is 1. The average Bonchev–Trinajstić information content (AvgIpc) is 2.73. The van der Waals surface area contributed by atoms with Crippen LogP contribution in [0.2, 0.25) is 0 Å². The zero-order valence-corrected chi connectivity index (χ0v) is 16.6. The summed E-state index contributed by atoms with van der Waals surface area (Å²) < 4.78 is 11.0. The molecular formula is C22H29N2O4+. The number of methoxy groups -OCH3 is 1. The minimum atomic E-state index is -0.560. The van der Waals surface area contributed by atoms with Gasteiger partial charge in [-0.2, -0.15) is 0 Å². The smallest absolute Gasteiger partial charge is 0.161 e. The van der Waals surface area contributed by atoms with Crippen LogP contribution in [0.25, 0.3) is 0 Å². The molecule has 0 radical (unpaired) electrons. The van der Waals surface area contributed by atoms with Crippen molar-refractivity contribution >= 4 is 11.5 Å². The normalized spacial score (nSPS) is 15.9. The number of anilines is 1. The van der Waals surface area contributed by atoms with Crippen LogP contribution in [0.3, 0.4) is 0 Å². The molecule has 3 rings (SSSR count). The van der Waals surface area contributed by atoms with Crippen molar-refractivity contribution < 1.29 is 24.3 Å². The van der Waals surface area contributed by atoms with E-state index in [-0.39, 0.29) is 12.4 Å². The second kappa shape index (κ2) is 9.57. The molecule has 1 aliphatic rings. The number of hydrogen-bond acceptors (Lipinski definition) is 5. The number of carbonyl (C=O) groups excluding carboxylic acids is 1. The van der Waals surface area contributed by atoms with Crippen molar-refractivity contribution in [1.82, 2.24) is 0 Å². The number of nitrogens with one attached hydrogen (secondary N) is 1. The van der Waals surface area contributed by atoms with Gasteiger partial charge < -0.3 is 24.4 Å². The summed E-state index contributed by atoms with van der Waals surface area (Å²) in [6.45, 7) is 6.29. The number of aliphatic hydroxyl groups excluding tert-OH is 1. The molecule has 1 atom stereocenters. The molecule has 0 bridgehead atoms. The summed E-state index contributed by atoms with van der Waals surface area (Å²) in [5.74, 6) is 1.02. The van der Waals surface area contributed by atoms with Gasteiger partial charge in [0.15, 0.2) is 17.3 Å². The van der Waals surface area contributed by atoms with Crippen molar-refractivity contribution in [3.8, 4) is 11.5 Å². The monoisotopic (exact) mass is 385 g/mol. The van der Waals surface area contributed by atoms with Crippen LogP contribution in [0.4, 0.5) is 5.69 Å². The van der Waals surface area contributed by atoms with Gasteiger partial charge in [-0.05, 0) is 37.3 Å². The average molecular weight is 385 g/mol. The maximum Gasteiger partial charge on any atom is 0.161 e. The summed E-state index contributed by atoms with van der Waals surface area (Å²) >= 11 is 0. The van der Waals surface area contributed by atoms with E-state index in [1.165, 1.54) is 17.5 Å². The number of Topliss-reactive ketones (excluding diaryl/α,β-unsaturated/α-hetero) is 1. The predicted octanol–water partition coefficient (Wildman–Crippen LogP) is 1.04. The Labute approximate surface area is 166 Å². The third-order valence-corrected chi connectivity index (χ3v) is 5.12. The second-order valence-corrected chi connectivity index (χ2v) is 7.16. The molecule has 0 saturated carbocycles. The molecule has 1 aliphatic heterocycles. The van der Waals surface area contributed by atoms with Crippen molar-refractivity contribution in [3.05, 3.63) is 54.1 Å². The lowest BCUT2D eigenvalue weighted by Gasteiger charge is -2.34. The zero-order valence-electron chi connectivity index (χ0n) is 16.6. The van der Waals surface area contributed by atoms with E-state index in [1.807, 2.05) is 6.07 Å². The third kappa shape index (κ3) is 5.24. The summed E-state index contributed by atoms with van der Waals surface area (Å²) in [5, 5.41) is 10.4. The summed E-state index contributed by atoms with van der Waals surface area (Å²) in [6.07, 6.45) is -0.560. The van der Waals surface area contributed by atoms with Crippen LogP contribution in [0.5, 0.6) is 11.5 Å². The fourth-order valence-electron chi connectivity index (χ4n) is 3.51. The van der Waals surface area contributed by atoms with Crippen LogP contribution in [0, 0.1) is 0 Å². The number of nitrogens with zero attached hydrogens (tertiary/aromatic N) is 1. The highest BCUT2D eigenvalue weighted by Crippen LogP contribution is 2.28. The van der Waals surface area contributed by atoms with E-state index in [9.17, 15) is 9.90 Å². The summed E-state index contributed by atoms with van der Waals surface area (Å²) in [6, 6.07) is 15.5. The van der Waals surface area contributed by atoms with Gasteiger partial charge in [0.2, 0.25) is 0 Å². The largest absolute Gasteiger partial charge is 0.493 e. The first-order valence-electron chi connectivity index (χ1n) is 9.70. The van der Waals surface area contributed by atoms with E-state index >= 15 is 0 Å². The first kappa shape index (κ1) is 20.2. The van der Waals surface area contributed by atoms with Crippen LogP contribution in [-0.4, -0.2) is 63.4 Å². The molecule has 2 aromatic carbocycles. The second-order valence-electron chi connectivity index (χ2n) is 7.16. The number of quaternary nitrogens is 1. The van der Waals surface area contributed by atoms with Gasteiger partial charge in [0.05, 0.1) is 33.3 Å². The van der Waals surface area contributed by atoms with Crippen LogP contribution >= 0.6 is 0 Å². The minimum Gasteiger partial charge on any atom is -0.493 e. The van der Waals surface area contributed by atoms with E-state index in [0.29, 0.717) is 23.6 Å². The Balaban J connectivity index is 1.46. The minimum absolute atomic E-state index is 0.0249. The molecule has 6 heteroatoms. The van der Waals surface area contributed by atoms with E-state index in [2.05, 4.69) is 29.2 Å². The van der Waals surface area contributed by atoms with Crippen molar-refractivity contribution in [2.24, 2.45) is 0 Å². The fourth-order valence-corrected chi connectivity index (χ4v) is 3.51. The number of aliphatic hydroxyl groups is 1. The zero-order chi connectivity index (χ0) is 19.9. The topological polar surface area (TPSA) is 63.4 Å².